The number of methoxy groups -OCH3 is 1. The lowest BCUT2D eigenvalue weighted by Crippen LogP contribution is -2.28. The number of hydrogen-bond donors (Lipinski definition) is 1. The topological polar surface area (TPSA) is 108 Å². The highest BCUT2D eigenvalue weighted by molar-refractivity contribution is 5.95. The smallest absolute Gasteiger partial charge is 0.276 e. The van der Waals surface area contributed by atoms with Crippen molar-refractivity contribution in [3.63, 3.8) is 0 Å². The van der Waals surface area contributed by atoms with Crippen LogP contribution in [0.5, 0.6) is 11.6 Å². The summed E-state index contributed by atoms with van der Waals surface area (Å²) in [5.74, 6) is 1.05. The number of nitrogens with zero attached hydrogens (tertiary/aromatic N) is 5. The first-order chi connectivity index (χ1) is 13.9. The van der Waals surface area contributed by atoms with Gasteiger partial charge >= 0.3 is 0 Å². The number of aryl methyl sites for hydroxylation is 1. The third-order valence-corrected chi connectivity index (χ3v) is 4.95. The summed E-state index contributed by atoms with van der Waals surface area (Å²) in [4.78, 5) is 23.2. The quantitative estimate of drug-likeness (QED) is 0.674. The van der Waals surface area contributed by atoms with Crippen LogP contribution in [0.3, 0.4) is 0 Å². The molecule has 29 heavy (non-hydrogen) atoms. The SMILES string of the molecule is COc1c2c(nn1C)CN(C)C(=O)c1ncccc1OC(C)c1cc-2cnc1N. The van der Waals surface area contributed by atoms with Gasteiger partial charge in [0.2, 0.25) is 5.88 Å². The monoisotopic (exact) mass is 394 g/mol. The summed E-state index contributed by atoms with van der Waals surface area (Å²) in [6, 6.07) is 5.37. The van der Waals surface area contributed by atoms with E-state index in [9.17, 15) is 4.79 Å². The number of fused-ring (bicyclic) bond motifs is 5. The van der Waals surface area contributed by atoms with Crippen molar-refractivity contribution in [1.82, 2.24) is 24.6 Å². The molecule has 9 heteroatoms. The van der Waals surface area contributed by atoms with Gasteiger partial charge in [0.25, 0.3) is 5.91 Å². The second-order valence-electron chi connectivity index (χ2n) is 6.92. The highest BCUT2D eigenvalue weighted by atomic mass is 16.5. The molecular weight excluding hydrogens is 372 g/mol. The van der Waals surface area contributed by atoms with Gasteiger partial charge in [0.15, 0.2) is 11.4 Å². The van der Waals surface area contributed by atoms with E-state index in [0.29, 0.717) is 28.7 Å². The number of nitrogen functional groups attached to an aromatic ring is 1. The predicted octanol–water partition coefficient (Wildman–Crippen LogP) is 2.19. The van der Waals surface area contributed by atoms with Crippen molar-refractivity contribution >= 4 is 11.7 Å². The molecule has 0 radical (unpaired) electrons. The zero-order chi connectivity index (χ0) is 20.7. The maximum atomic E-state index is 13.1. The third-order valence-electron chi connectivity index (χ3n) is 4.95. The van der Waals surface area contributed by atoms with Gasteiger partial charge < -0.3 is 20.1 Å². The Morgan fingerprint density at radius 3 is 2.86 bits per heavy atom. The van der Waals surface area contributed by atoms with Gasteiger partial charge in [-0.3, -0.25) is 4.79 Å². The van der Waals surface area contributed by atoms with Gasteiger partial charge in [-0.05, 0) is 25.1 Å². The van der Waals surface area contributed by atoms with E-state index in [2.05, 4.69) is 15.1 Å². The Bertz CT molecular complexity index is 1090. The molecule has 0 fully saturated rings. The number of rotatable bonds is 1. The van der Waals surface area contributed by atoms with E-state index in [1.807, 2.05) is 13.0 Å². The third kappa shape index (κ3) is 3.14. The molecule has 4 rings (SSSR count). The second-order valence-corrected chi connectivity index (χ2v) is 6.92. The number of aromatic nitrogens is 4. The average Bonchev–Trinajstić information content (AvgIpc) is 3.02. The Kier molecular flexibility index (Phi) is 4.57. The molecular formula is C20H22N6O3. The van der Waals surface area contributed by atoms with Crippen molar-refractivity contribution in [2.75, 3.05) is 19.9 Å². The van der Waals surface area contributed by atoms with Crippen LogP contribution in [0.1, 0.15) is 34.8 Å². The van der Waals surface area contributed by atoms with Crippen molar-refractivity contribution < 1.29 is 14.3 Å². The van der Waals surface area contributed by atoms with Gasteiger partial charge in [-0.1, -0.05) is 0 Å². The Labute approximate surface area is 168 Å². The molecule has 9 nitrogen and oxygen atoms in total. The van der Waals surface area contributed by atoms with Gasteiger partial charge in [0.05, 0.1) is 24.9 Å². The molecule has 3 aromatic heterocycles. The number of ether oxygens (including phenoxy) is 2. The minimum atomic E-state index is -0.450. The van der Waals surface area contributed by atoms with E-state index in [1.54, 1.807) is 55.3 Å². The van der Waals surface area contributed by atoms with Gasteiger partial charge in [0.1, 0.15) is 11.9 Å². The molecule has 0 saturated heterocycles. The van der Waals surface area contributed by atoms with Crippen LogP contribution in [0.25, 0.3) is 11.1 Å². The first-order valence-corrected chi connectivity index (χ1v) is 9.13. The lowest BCUT2D eigenvalue weighted by atomic mass is 10.0. The first-order valence-electron chi connectivity index (χ1n) is 9.13. The summed E-state index contributed by atoms with van der Waals surface area (Å²) in [7, 11) is 5.08. The summed E-state index contributed by atoms with van der Waals surface area (Å²) in [5.41, 5.74) is 9.31. The van der Waals surface area contributed by atoms with Crippen LogP contribution in [0.15, 0.2) is 30.6 Å². The summed E-state index contributed by atoms with van der Waals surface area (Å²) in [5, 5.41) is 4.57. The fourth-order valence-corrected chi connectivity index (χ4v) is 3.53. The van der Waals surface area contributed by atoms with Gasteiger partial charge in [-0.15, -0.1) is 0 Å². The van der Waals surface area contributed by atoms with Crippen LogP contribution >= 0.6 is 0 Å². The molecule has 3 aromatic rings. The normalized spacial score (nSPS) is 16.2. The number of hydrogen-bond acceptors (Lipinski definition) is 7. The molecule has 1 atom stereocenters. The molecule has 2 N–H and O–H groups in total. The minimum absolute atomic E-state index is 0.231. The maximum absolute atomic E-state index is 13.1. The van der Waals surface area contributed by atoms with Crippen LogP contribution in [0.2, 0.25) is 0 Å². The molecule has 2 bridgehead atoms. The van der Waals surface area contributed by atoms with Crippen molar-refractivity contribution in [2.45, 2.75) is 19.6 Å². The summed E-state index contributed by atoms with van der Waals surface area (Å²) in [6.45, 7) is 2.12. The Balaban J connectivity index is 1.97. The molecule has 150 valence electrons. The van der Waals surface area contributed by atoms with Crippen molar-refractivity contribution in [3.05, 3.63) is 47.5 Å². The second kappa shape index (κ2) is 7.08. The Hall–Kier alpha value is -3.62. The van der Waals surface area contributed by atoms with E-state index >= 15 is 0 Å². The van der Waals surface area contributed by atoms with Crippen LogP contribution in [-0.4, -0.2) is 44.7 Å². The highest BCUT2D eigenvalue weighted by Gasteiger charge is 2.27. The summed E-state index contributed by atoms with van der Waals surface area (Å²) >= 11 is 0. The fourth-order valence-electron chi connectivity index (χ4n) is 3.53. The van der Waals surface area contributed by atoms with E-state index in [1.165, 1.54) is 0 Å². The lowest BCUT2D eigenvalue weighted by Gasteiger charge is -2.22. The summed E-state index contributed by atoms with van der Waals surface area (Å²) in [6.07, 6.45) is 2.79. The molecule has 0 saturated carbocycles. The average molecular weight is 394 g/mol. The van der Waals surface area contributed by atoms with Crippen molar-refractivity contribution in [1.29, 1.82) is 0 Å². The number of carbonyl (C=O) groups excluding carboxylic acids is 1. The van der Waals surface area contributed by atoms with Crippen LogP contribution in [0, 0.1) is 0 Å². The van der Waals surface area contributed by atoms with E-state index in [-0.39, 0.29) is 18.1 Å². The molecule has 0 spiro atoms. The molecule has 1 amide bonds. The van der Waals surface area contributed by atoms with Gasteiger partial charge in [0, 0.05) is 37.6 Å². The van der Waals surface area contributed by atoms with E-state index in [0.717, 1.165) is 11.1 Å². The number of nitrogens with two attached hydrogens (primary N) is 1. The molecule has 0 aliphatic carbocycles. The lowest BCUT2D eigenvalue weighted by molar-refractivity contribution is 0.0769. The zero-order valence-corrected chi connectivity index (χ0v) is 16.7. The number of amides is 1. The predicted molar refractivity (Wildman–Crippen MR) is 106 cm³/mol. The van der Waals surface area contributed by atoms with Crippen LogP contribution in [0.4, 0.5) is 5.82 Å². The minimum Gasteiger partial charge on any atom is -0.483 e. The first kappa shape index (κ1) is 18.7. The largest absolute Gasteiger partial charge is 0.483 e. The highest BCUT2D eigenvalue weighted by Crippen LogP contribution is 2.37. The molecule has 1 unspecified atom stereocenters. The van der Waals surface area contributed by atoms with Crippen LogP contribution < -0.4 is 15.2 Å². The Morgan fingerprint density at radius 1 is 1.31 bits per heavy atom. The number of carbonyl (C=O) groups is 1. The fraction of sp³-hybridized carbons (Fsp3) is 0.300. The van der Waals surface area contributed by atoms with Gasteiger partial charge in [-0.2, -0.15) is 5.10 Å². The van der Waals surface area contributed by atoms with Crippen LogP contribution in [-0.2, 0) is 13.6 Å². The van der Waals surface area contributed by atoms with Crippen molar-refractivity contribution in [3.8, 4) is 22.8 Å². The molecule has 4 heterocycles. The summed E-state index contributed by atoms with van der Waals surface area (Å²) < 4.78 is 13.3. The maximum Gasteiger partial charge on any atom is 0.276 e. The zero-order valence-electron chi connectivity index (χ0n) is 16.7. The molecule has 1 aliphatic heterocycles. The van der Waals surface area contributed by atoms with E-state index in [4.69, 9.17) is 15.2 Å². The van der Waals surface area contributed by atoms with Gasteiger partial charge in [-0.25, -0.2) is 14.6 Å². The number of anilines is 1. The number of pyridine rings is 2. The molecule has 1 aliphatic rings. The van der Waals surface area contributed by atoms with E-state index < -0.39 is 6.10 Å². The Morgan fingerprint density at radius 2 is 2.10 bits per heavy atom. The molecule has 0 aromatic carbocycles. The van der Waals surface area contributed by atoms with Crippen molar-refractivity contribution in [2.24, 2.45) is 7.05 Å². The standard InChI is InChI=1S/C20H22N6O3/c1-11-13-8-12(9-23-18(13)21)16-14(24-26(3)20(16)28-4)10-25(2)19(27)17-15(29-11)6-5-7-22-17/h5-9,11H,10H2,1-4H3,(H2,21,23).